The second-order valence-corrected chi connectivity index (χ2v) is 5.75. The first-order valence-electron chi connectivity index (χ1n) is 8.02. The molecule has 1 amide bonds. The van der Waals surface area contributed by atoms with E-state index in [9.17, 15) is 23.6 Å². The Morgan fingerprint density at radius 2 is 1.41 bits per heavy atom. The van der Waals surface area contributed by atoms with Crippen LogP contribution in [0.1, 0.15) is 12.5 Å². The van der Waals surface area contributed by atoms with Crippen molar-refractivity contribution in [2.45, 2.75) is 19.4 Å². The Bertz CT molecular complexity index is 673. The number of rotatable bonds is 8. The molecule has 0 spiro atoms. The van der Waals surface area contributed by atoms with Gasteiger partial charge in [0.2, 0.25) is 5.91 Å². The zero-order valence-electron chi connectivity index (χ0n) is 15.5. The molecule has 1 rings (SSSR count). The third kappa shape index (κ3) is 6.05. The topological polar surface area (TPSA) is 108 Å². The number of hydrogen-bond donors (Lipinski definition) is 1. The number of halogens is 1. The van der Waals surface area contributed by atoms with E-state index in [1.54, 1.807) is 0 Å². The molecule has 8 nitrogen and oxygen atoms in total. The maximum absolute atomic E-state index is 12.9. The predicted octanol–water partition coefficient (Wildman–Crippen LogP) is 0.624. The first-order chi connectivity index (χ1) is 12.7. The van der Waals surface area contributed by atoms with Gasteiger partial charge in [0, 0.05) is 5.92 Å². The van der Waals surface area contributed by atoms with E-state index in [-0.39, 0.29) is 6.42 Å². The van der Waals surface area contributed by atoms with Gasteiger partial charge in [-0.25, -0.2) is 9.18 Å². The molecule has 148 valence electrons. The van der Waals surface area contributed by atoms with Gasteiger partial charge in [0.15, 0.2) is 5.92 Å². The van der Waals surface area contributed by atoms with Crippen LogP contribution >= 0.6 is 0 Å². The lowest BCUT2D eigenvalue weighted by molar-refractivity contribution is -0.163. The fourth-order valence-corrected chi connectivity index (χ4v) is 2.52. The summed E-state index contributed by atoms with van der Waals surface area (Å²) in [6, 6.07) is 3.96. The molecule has 0 fully saturated rings. The van der Waals surface area contributed by atoms with Crippen molar-refractivity contribution in [3.8, 4) is 0 Å². The van der Waals surface area contributed by atoms with E-state index in [0.717, 1.165) is 21.3 Å². The Hall–Kier alpha value is -2.97. The number of ether oxygens (including phenoxy) is 3. The Kier molecular flexibility index (Phi) is 8.37. The summed E-state index contributed by atoms with van der Waals surface area (Å²) in [7, 11) is 3.29. The van der Waals surface area contributed by atoms with Crippen LogP contribution in [0, 0.1) is 17.7 Å². The molecule has 0 unspecified atom stereocenters. The average molecular weight is 383 g/mol. The molecular weight excluding hydrogens is 361 g/mol. The Morgan fingerprint density at radius 1 is 0.926 bits per heavy atom. The van der Waals surface area contributed by atoms with Gasteiger partial charge >= 0.3 is 17.9 Å². The third-order valence-electron chi connectivity index (χ3n) is 4.01. The van der Waals surface area contributed by atoms with Gasteiger partial charge in [-0.05, 0) is 17.7 Å². The van der Waals surface area contributed by atoms with Crippen molar-refractivity contribution in [2.75, 3.05) is 21.3 Å². The normalized spacial score (nSPS) is 12.7. The number of benzene rings is 1. The van der Waals surface area contributed by atoms with Crippen LogP contribution in [-0.4, -0.2) is 51.2 Å². The standard InChI is InChI=1S/C18H22FNO7/c1-10(14(16(22)25-2)17(23)26-3)15(18(24)27-4)20-13(21)9-11-5-7-12(19)8-6-11/h5-8,10,14-15H,9H2,1-4H3,(H,20,21)/t10-,15+/m1/s1. The van der Waals surface area contributed by atoms with Gasteiger partial charge in [-0.15, -0.1) is 0 Å². The van der Waals surface area contributed by atoms with Gasteiger partial charge in [0.1, 0.15) is 11.9 Å². The minimum absolute atomic E-state index is 0.137. The van der Waals surface area contributed by atoms with E-state index in [1.165, 1.54) is 31.2 Å². The largest absolute Gasteiger partial charge is 0.468 e. The molecule has 2 atom stereocenters. The van der Waals surface area contributed by atoms with Crippen LogP contribution < -0.4 is 5.32 Å². The molecule has 1 aromatic carbocycles. The summed E-state index contributed by atoms with van der Waals surface area (Å²) in [4.78, 5) is 48.3. The third-order valence-corrected chi connectivity index (χ3v) is 4.01. The SMILES string of the molecule is COC(=O)C(C(=O)OC)[C@@H](C)[C@H](NC(=O)Cc1ccc(F)cc1)C(=O)OC. The molecule has 27 heavy (non-hydrogen) atoms. The van der Waals surface area contributed by atoms with Crippen LogP contribution in [0.3, 0.4) is 0 Å². The van der Waals surface area contributed by atoms with E-state index in [4.69, 9.17) is 0 Å². The van der Waals surface area contributed by atoms with Crippen LogP contribution in [-0.2, 0) is 39.8 Å². The number of carbonyl (C=O) groups excluding carboxylic acids is 4. The Balaban J connectivity index is 3.00. The molecule has 0 aromatic heterocycles. The molecule has 0 radical (unpaired) electrons. The van der Waals surface area contributed by atoms with E-state index >= 15 is 0 Å². The van der Waals surface area contributed by atoms with E-state index in [1.807, 2.05) is 0 Å². The van der Waals surface area contributed by atoms with Crippen LogP contribution in [0.2, 0.25) is 0 Å². The second-order valence-electron chi connectivity index (χ2n) is 5.75. The summed E-state index contributed by atoms with van der Waals surface area (Å²) in [6.07, 6.45) is -0.137. The highest BCUT2D eigenvalue weighted by molar-refractivity contribution is 5.96. The number of hydrogen-bond acceptors (Lipinski definition) is 7. The zero-order chi connectivity index (χ0) is 20.6. The summed E-state index contributed by atoms with van der Waals surface area (Å²) in [5.41, 5.74) is 0.516. The lowest BCUT2D eigenvalue weighted by atomic mass is 9.87. The first-order valence-corrected chi connectivity index (χ1v) is 8.02. The van der Waals surface area contributed by atoms with Crippen molar-refractivity contribution < 1.29 is 37.8 Å². The van der Waals surface area contributed by atoms with Gasteiger partial charge in [0.05, 0.1) is 27.8 Å². The lowest BCUT2D eigenvalue weighted by Crippen LogP contribution is -2.51. The molecule has 0 aliphatic heterocycles. The minimum atomic E-state index is -1.43. The number of amides is 1. The van der Waals surface area contributed by atoms with Crippen LogP contribution in [0.4, 0.5) is 4.39 Å². The van der Waals surface area contributed by atoms with Gasteiger partial charge < -0.3 is 19.5 Å². The number of nitrogens with one attached hydrogen (secondary N) is 1. The lowest BCUT2D eigenvalue weighted by Gasteiger charge is -2.27. The van der Waals surface area contributed by atoms with Crippen LogP contribution in [0.25, 0.3) is 0 Å². The highest BCUT2D eigenvalue weighted by atomic mass is 19.1. The number of esters is 3. The summed E-state index contributed by atoms with van der Waals surface area (Å²) in [6.45, 7) is 1.41. The van der Waals surface area contributed by atoms with Crippen molar-refractivity contribution >= 4 is 23.8 Å². The van der Waals surface area contributed by atoms with Gasteiger partial charge in [-0.2, -0.15) is 0 Å². The monoisotopic (exact) mass is 383 g/mol. The summed E-state index contributed by atoms with van der Waals surface area (Å²) in [5.74, 6) is -6.11. The fraction of sp³-hybridized carbons (Fsp3) is 0.444. The first kappa shape index (κ1) is 22.1. The maximum Gasteiger partial charge on any atom is 0.328 e. The molecule has 0 bridgehead atoms. The Morgan fingerprint density at radius 3 is 1.85 bits per heavy atom. The molecule has 1 aromatic rings. The van der Waals surface area contributed by atoms with Crippen molar-refractivity contribution in [3.05, 3.63) is 35.6 Å². The molecule has 9 heteroatoms. The molecule has 0 heterocycles. The molecule has 0 aliphatic carbocycles. The van der Waals surface area contributed by atoms with Crippen LogP contribution in [0.15, 0.2) is 24.3 Å². The molecule has 0 saturated heterocycles. The highest BCUT2D eigenvalue weighted by Crippen LogP contribution is 2.20. The Labute approximate surface area is 156 Å². The van der Waals surface area contributed by atoms with Gasteiger partial charge in [0.25, 0.3) is 0 Å². The molecule has 1 N–H and O–H groups in total. The summed E-state index contributed by atoms with van der Waals surface area (Å²) >= 11 is 0. The highest BCUT2D eigenvalue weighted by Gasteiger charge is 2.42. The van der Waals surface area contributed by atoms with Crippen molar-refractivity contribution in [2.24, 2.45) is 11.8 Å². The predicted molar refractivity (Wildman–Crippen MR) is 90.7 cm³/mol. The number of carbonyl (C=O) groups is 4. The van der Waals surface area contributed by atoms with E-state index in [0.29, 0.717) is 5.56 Å². The quantitative estimate of drug-likeness (QED) is 0.398. The van der Waals surface area contributed by atoms with Crippen molar-refractivity contribution in [3.63, 3.8) is 0 Å². The minimum Gasteiger partial charge on any atom is -0.468 e. The van der Waals surface area contributed by atoms with Crippen molar-refractivity contribution in [1.82, 2.24) is 5.32 Å². The van der Waals surface area contributed by atoms with Crippen molar-refractivity contribution in [1.29, 1.82) is 0 Å². The summed E-state index contributed by atoms with van der Waals surface area (Å²) < 4.78 is 26.8. The molecule has 0 saturated carbocycles. The van der Waals surface area contributed by atoms with Gasteiger partial charge in [-0.3, -0.25) is 14.4 Å². The number of methoxy groups -OCH3 is 3. The molecular formula is C18H22FNO7. The van der Waals surface area contributed by atoms with E-state index in [2.05, 4.69) is 19.5 Å². The second kappa shape index (κ2) is 10.2. The van der Waals surface area contributed by atoms with E-state index < -0.39 is 47.5 Å². The smallest absolute Gasteiger partial charge is 0.328 e. The summed E-state index contributed by atoms with van der Waals surface area (Å²) in [5, 5.41) is 2.45. The average Bonchev–Trinajstić information content (AvgIpc) is 2.66. The van der Waals surface area contributed by atoms with Gasteiger partial charge in [-0.1, -0.05) is 19.1 Å². The maximum atomic E-state index is 12.9. The fourth-order valence-electron chi connectivity index (χ4n) is 2.52. The molecule has 0 aliphatic rings. The zero-order valence-corrected chi connectivity index (χ0v) is 15.5. The van der Waals surface area contributed by atoms with Crippen LogP contribution in [0.5, 0.6) is 0 Å².